The normalized spacial score (nSPS) is 10.6. The molecule has 0 saturated heterocycles. The van der Waals surface area contributed by atoms with E-state index in [1.165, 1.54) is 0 Å². The average molecular weight is 174 g/mol. The van der Waals surface area contributed by atoms with Crippen molar-refractivity contribution in [3.8, 4) is 0 Å². The van der Waals surface area contributed by atoms with Gasteiger partial charge in [0.05, 0.1) is 0 Å². The molecule has 1 heteroatoms. The minimum atomic E-state index is 0.203. The molecule has 0 aliphatic heterocycles. The van der Waals surface area contributed by atoms with Crippen molar-refractivity contribution in [2.75, 3.05) is 0 Å². The first-order chi connectivity index (χ1) is 6.29. The van der Waals surface area contributed by atoms with Crippen LogP contribution in [0.15, 0.2) is 30.3 Å². The first-order valence-electron chi connectivity index (χ1n) is 4.54. The molecule has 0 aliphatic rings. The van der Waals surface area contributed by atoms with Gasteiger partial charge in [0.25, 0.3) is 0 Å². The first-order valence-corrected chi connectivity index (χ1v) is 4.54. The van der Waals surface area contributed by atoms with Gasteiger partial charge in [-0.3, -0.25) is 4.79 Å². The molecular weight excluding hydrogens is 160 g/mol. The van der Waals surface area contributed by atoms with E-state index in [2.05, 4.69) is 0 Å². The van der Waals surface area contributed by atoms with Crippen LogP contribution in [0, 0.1) is 0 Å². The number of carbonyl (C=O) groups is 1. The number of hydrogen-bond donors (Lipinski definition) is 0. The van der Waals surface area contributed by atoms with E-state index >= 15 is 0 Å². The van der Waals surface area contributed by atoms with Crippen molar-refractivity contribution in [1.82, 2.24) is 0 Å². The molecule has 0 amide bonds. The standard InChI is InChI=1S/C12H14O/c1-3-7-10-8-5-6-9-11(10)12(13)4-2/h3,5-9H,4H2,1-2H3/b7-3-. The van der Waals surface area contributed by atoms with Gasteiger partial charge in [-0.15, -0.1) is 0 Å². The van der Waals surface area contributed by atoms with Crippen molar-refractivity contribution in [3.05, 3.63) is 41.5 Å². The largest absolute Gasteiger partial charge is 0.294 e. The molecule has 1 rings (SSSR count). The smallest absolute Gasteiger partial charge is 0.163 e. The maximum absolute atomic E-state index is 11.5. The molecule has 0 aliphatic carbocycles. The molecule has 0 spiro atoms. The van der Waals surface area contributed by atoms with Gasteiger partial charge in [0.1, 0.15) is 0 Å². The Morgan fingerprint density at radius 2 is 2.08 bits per heavy atom. The number of benzene rings is 1. The molecular formula is C12H14O. The minimum Gasteiger partial charge on any atom is -0.294 e. The Bertz CT molecular complexity index is 324. The number of rotatable bonds is 3. The van der Waals surface area contributed by atoms with Gasteiger partial charge in [-0.25, -0.2) is 0 Å². The summed E-state index contributed by atoms with van der Waals surface area (Å²) in [6.07, 6.45) is 4.47. The molecule has 0 atom stereocenters. The van der Waals surface area contributed by atoms with Crippen molar-refractivity contribution in [2.24, 2.45) is 0 Å². The molecule has 0 N–H and O–H groups in total. The van der Waals surface area contributed by atoms with Crippen LogP contribution in [0.25, 0.3) is 6.08 Å². The molecule has 1 aromatic carbocycles. The molecule has 1 aromatic rings. The van der Waals surface area contributed by atoms with Crippen LogP contribution in [-0.2, 0) is 0 Å². The van der Waals surface area contributed by atoms with Crippen molar-refractivity contribution < 1.29 is 4.79 Å². The van der Waals surface area contributed by atoms with Crippen LogP contribution in [0.4, 0.5) is 0 Å². The Morgan fingerprint density at radius 1 is 1.38 bits per heavy atom. The van der Waals surface area contributed by atoms with E-state index in [1.807, 2.05) is 50.3 Å². The van der Waals surface area contributed by atoms with E-state index in [-0.39, 0.29) is 5.78 Å². The highest BCUT2D eigenvalue weighted by atomic mass is 16.1. The van der Waals surface area contributed by atoms with E-state index in [4.69, 9.17) is 0 Å². The van der Waals surface area contributed by atoms with Crippen LogP contribution in [-0.4, -0.2) is 5.78 Å². The van der Waals surface area contributed by atoms with Crippen molar-refractivity contribution in [1.29, 1.82) is 0 Å². The van der Waals surface area contributed by atoms with Gasteiger partial charge in [0.2, 0.25) is 0 Å². The zero-order valence-corrected chi connectivity index (χ0v) is 8.08. The number of ketones is 1. The highest BCUT2D eigenvalue weighted by molar-refractivity contribution is 5.99. The lowest BCUT2D eigenvalue weighted by Gasteiger charge is -2.02. The topological polar surface area (TPSA) is 17.1 Å². The lowest BCUT2D eigenvalue weighted by atomic mass is 10.0. The van der Waals surface area contributed by atoms with Crippen LogP contribution in [0.1, 0.15) is 36.2 Å². The molecule has 1 nitrogen and oxygen atoms in total. The number of carbonyl (C=O) groups excluding carboxylic acids is 1. The fourth-order valence-electron chi connectivity index (χ4n) is 1.27. The summed E-state index contributed by atoms with van der Waals surface area (Å²) in [5.41, 5.74) is 1.83. The lowest BCUT2D eigenvalue weighted by Crippen LogP contribution is -1.98. The van der Waals surface area contributed by atoms with E-state index in [0.717, 1.165) is 11.1 Å². The Labute approximate surface area is 79.1 Å². The zero-order chi connectivity index (χ0) is 9.68. The summed E-state index contributed by atoms with van der Waals surface area (Å²) in [7, 11) is 0. The third-order valence-corrected chi connectivity index (χ3v) is 1.93. The summed E-state index contributed by atoms with van der Waals surface area (Å²) in [4.78, 5) is 11.5. The van der Waals surface area contributed by atoms with Gasteiger partial charge in [-0.1, -0.05) is 43.3 Å². The number of allylic oxidation sites excluding steroid dienone is 1. The van der Waals surface area contributed by atoms with Gasteiger partial charge in [-0.2, -0.15) is 0 Å². The maximum Gasteiger partial charge on any atom is 0.163 e. The van der Waals surface area contributed by atoms with Crippen LogP contribution in [0.5, 0.6) is 0 Å². The van der Waals surface area contributed by atoms with Crippen LogP contribution >= 0.6 is 0 Å². The van der Waals surface area contributed by atoms with E-state index in [9.17, 15) is 4.79 Å². The van der Waals surface area contributed by atoms with Gasteiger partial charge in [0.15, 0.2) is 5.78 Å². The zero-order valence-electron chi connectivity index (χ0n) is 8.08. The molecule has 0 radical (unpaired) electrons. The fraction of sp³-hybridized carbons (Fsp3) is 0.250. The Balaban J connectivity index is 3.11. The third kappa shape index (κ3) is 2.28. The summed E-state index contributed by atoms with van der Waals surface area (Å²) in [5, 5.41) is 0. The highest BCUT2D eigenvalue weighted by Crippen LogP contribution is 2.12. The minimum absolute atomic E-state index is 0.203. The predicted molar refractivity (Wildman–Crippen MR) is 55.8 cm³/mol. The van der Waals surface area contributed by atoms with Gasteiger partial charge >= 0.3 is 0 Å². The Hall–Kier alpha value is -1.37. The molecule has 0 fully saturated rings. The third-order valence-electron chi connectivity index (χ3n) is 1.93. The van der Waals surface area contributed by atoms with E-state index in [1.54, 1.807) is 0 Å². The van der Waals surface area contributed by atoms with E-state index < -0.39 is 0 Å². The lowest BCUT2D eigenvalue weighted by molar-refractivity contribution is 0.0988. The molecule has 0 aromatic heterocycles. The maximum atomic E-state index is 11.5. The average Bonchev–Trinajstić information content (AvgIpc) is 2.18. The van der Waals surface area contributed by atoms with Gasteiger partial charge in [-0.05, 0) is 12.5 Å². The fourth-order valence-corrected chi connectivity index (χ4v) is 1.27. The SMILES string of the molecule is C/C=C\c1ccccc1C(=O)CC. The first kappa shape index (κ1) is 9.72. The summed E-state index contributed by atoms with van der Waals surface area (Å²) in [6, 6.07) is 7.68. The monoisotopic (exact) mass is 174 g/mol. The highest BCUT2D eigenvalue weighted by Gasteiger charge is 2.05. The quantitative estimate of drug-likeness (QED) is 0.642. The van der Waals surface area contributed by atoms with Crippen LogP contribution in [0.3, 0.4) is 0 Å². The number of Topliss-reactive ketones (excluding diaryl/α,β-unsaturated/α-hetero) is 1. The van der Waals surface area contributed by atoms with Crippen LogP contribution < -0.4 is 0 Å². The summed E-state index contributed by atoms with van der Waals surface area (Å²) in [6.45, 7) is 3.84. The van der Waals surface area contributed by atoms with Gasteiger partial charge < -0.3 is 0 Å². The van der Waals surface area contributed by atoms with Crippen molar-refractivity contribution >= 4 is 11.9 Å². The van der Waals surface area contributed by atoms with Crippen molar-refractivity contribution in [3.63, 3.8) is 0 Å². The molecule has 0 saturated carbocycles. The molecule has 0 unspecified atom stereocenters. The van der Waals surface area contributed by atoms with Crippen molar-refractivity contribution in [2.45, 2.75) is 20.3 Å². The molecule has 68 valence electrons. The summed E-state index contributed by atoms with van der Waals surface area (Å²) >= 11 is 0. The predicted octanol–water partition coefficient (Wildman–Crippen LogP) is 3.31. The van der Waals surface area contributed by atoms with Crippen LogP contribution in [0.2, 0.25) is 0 Å². The van der Waals surface area contributed by atoms with Gasteiger partial charge in [0, 0.05) is 12.0 Å². The summed E-state index contributed by atoms with van der Waals surface area (Å²) < 4.78 is 0. The molecule has 0 heterocycles. The second-order valence-corrected chi connectivity index (χ2v) is 2.86. The number of hydrogen-bond acceptors (Lipinski definition) is 1. The Kier molecular flexibility index (Phi) is 3.44. The molecule has 0 bridgehead atoms. The van der Waals surface area contributed by atoms with E-state index in [0.29, 0.717) is 6.42 Å². The summed E-state index contributed by atoms with van der Waals surface area (Å²) in [5.74, 6) is 0.203. The molecule has 13 heavy (non-hydrogen) atoms. The second-order valence-electron chi connectivity index (χ2n) is 2.86. The second kappa shape index (κ2) is 4.61. The Morgan fingerprint density at radius 3 is 2.69 bits per heavy atom.